The van der Waals surface area contributed by atoms with E-state index in [9.17, 15) is 19.1 Å². The first-order valence-corrected chi connectivity index (χ1v) is 12.7. The van der Waals surface area contributed by atoms with Crippen LogP contribution in [0, 0.1) is 5.82 Å². The molecule has 39 heavy (non-hydrogen) atoms. The fourth-order valence-corrected chi connectivity index (χ4v) is 4.70. The molecule has 3 heterocycles. The van der Waals surface area contributed by atoms with Gasteiger partial charge in [-0.05, 0) is 36.2 Å². The summed E-state index contributed by atoms with van der Waals surface area (Å²) in [5.41, 5.74) is 2.66. The van der Waals surface area contributed by atoms with Crippen molar-refractivity contribution in [2.24, 2.45) is 0 Å². The number of nitrogens with one attached hydrogen (secondary N) is 2. The number of ether oxygens (including phenoxy) is 2. The van der Waals surface area contributed by atoms with Crippen LogP contribution in [0.15, 0.2) is 42.6 Å². The quantitative estimate of drug-likeness (QED) is 0.368. The zero-order valence-corrected chi connectivity index (χ0v) is 22.0. The molecular formula is C27H27ClFN5O5. The van der Waals surface area contributed by atoms with E-state index >= 15 is 0 Å². The number of hydrogen-bond donors (Lipinski definition) is 3. The zero-order valence-electron chi connectivity index (χ0n) is 21.3. The van der Waals surface area contributed by atoms with Crippen molar-refractivity contribution in [1.29, 1.82) is 0 Å². The number of benzene rings is 2. The van der Waals surface area contributed by atoms with Crippen LogP contribution in [0.25, 0.3) is 11.3 Å². The second-order valence-corrected chi connectivity index (χ2v) is 9.83. The Bertz CT molecular complexity index is 1420. The van der Waals surface area contributed by atoms with Crippen molar-refractivity contribution in [3.8, 4) is 17.0 Å². The van der Waals surface area contributed by atoms with E-state index in [4.69, 9.17) is 21.1 Å². The van der Waals surface area contributed by atoms with Crippen LogP contribution in [0.2, 0.25) is 5.02 Å². The van der Waals surface area contributed by atoms with Crippen LogP contribution >= 0.6 is 11.6 Å². The Kier molecular flexibility index (Phi) is 7.65. The molecule has 0 aliphatic carbocycles. The maximum Gasteiger partial charge on any atom is 0.255 e. The van der Waals surface area contributed by atoms with Crippen LogP contribution in [-0.4, -0.2) is 70.8 Å². The number of methoxy groups -OCH3 is 1. The number of carbonyl (C=O) groups is 2. The third kappa shape index (κ3) is 5.51. The number of halogens is 2. The Balaban J connectivity index is 1.32. The van der Waals surface area contributed by atoms with Gasteiger partial charge in [0.1, 0.15) is 17.6 Å². The van der Waals surface area contributed by atoms with E-state index in [1.807, 2.05) is 12.1 Å². The Labute approximate surface area is 229 Å². The summed E-state index contributed by atoms with van der Waals surface area (Å²) in [6.07, 6.45) is 1.51. The highest BCUT2D eigenvalue weighted by atomic mass is 35.5. The third-order valence-corrected chi connectivity index (χ3v) is 7.08. The minimum absolute atomic E-state index is 0.134. The number of fused-ring (bicyclic) bond motifs is 1. The summed E-state index contributed by atoms with van der Waals surface area (Å²) in [7, 11) is 1.40. The van der Waals surface area contributed by atoms with Crippen molar-refractivity contribution < 1.29 is 28.6 Å². The highest BCUT2D eigenvalue weighted by molar-refractivity contribution is 6.33. The van der Waals surface area contributed by atoms with Crippen molar-refractivity contribution >= 4 is 29.4 Å². The Morgan fingerprint density at radius 2 is 2.10 bits per heavy atom. The van der Waals surface area contributed by atoms with E-state index in [1.165, 1.54) is 36.4 Å². The van der Waals surface area contributed by atoms with Crippen molar-refractivity contribution in [2.75, 3.05) is 32.2 Å². The van der Waals surface area contributed by atoms with Gasteiger partial charge in [-0.2, -0.15) is 0 Å². The van der Waals surface area contributed by atoms with E-state index < -0.39 is 30.4 Å². The normalized spacial score (nSPS) is 16.3. The number of amides is 2. The Morgan fingerprint density at radius 1 is 1.31 bits per heavy atom. The van der Waals surface area contributed by atoms with Crippen molar-refractivity contribution in [3.63, 3.8) is 0 Å². The summed E-state index contributed by atoms with van der Waals surface area (Å²) in [6, 6.07) is 7.69. The second kappa shape index (κ2) is 11.1. The standard InChI is InChI=1S/C27H27ClFN5O5/c1-14(25(36)32-23(11-35)17-5-18(29)8-20(6-17)38-2)34-10-16-4-3-15(7-21(16)26(34)37)24-22(28)9-30-27(33-24)31-19-12-39-13-19/h3-9,14,19,23,35H,10-13H2,1-2H3,(H,32,36)(H,30,31,33). The lowest BCUT2D eigenvalue weighted by Crippen LogP contribution is -2.46. The molecule has 0 spiro atoms. The first-order chi connectivity index (χ1) is 18.8. The van der Waals surface area contributed by atoms with Crippen LogP contribution in [0.5, 0.6) is 5.75 Å². The predicted molar refractivity (Wildman–Crippen MR) is 141 cm³/mol. The molecule has 2 aromatic carbocycles. The number of aromatic nitrogens is 2. The van der Waals surface area contributed by atoms with Gasteiger partial charge < -0.3 is 30.1 Å². The van der Waals surface area contributed by atoms with Gasteiger partial charge in [0.2, 0.25) is 11.9 Å². The molecule has 2 aliphatic rings. The minimum atomic E-state index is -0.884. The van der Waals surface area contributed by atoms with Crippen molar-refractivity contribution in [2.45, 2.75) is 31.6 Å². The first kappa shape index (κ1) is 26.8. The van der Waals surface area contributed by atoms with Gasteiger partial charge in [0, 0.05) is 23.7 Å². The first-order valence-electron chi connectivity index (χ1n) is 12.3. The Morgan fingerprint density at radius 3 is 2.79 bits per heavy atom. The van der Waals surface area contributed by atoms with E-state index in [2.05, 4.69) is 20.6 Å². The second-order valence-electron chi connectivity index (χ2n) is 9.42. The molecule has 1 fully saturated rings. The number of anilines is 1. The molecule has 3 N–H and O–H groups in total. The van der Waals surface area contributed by atoms with Gasteiger partial charge >= 0.3 is 0 Å². The van der Waals surface area contributed by atoms with Gasteiger partial charge in [0.05, 0.1) is 55.9 Å². The molecule has 204 valence electrons. The van der Waals surface area contributed by atoms with Crippen LogP contribution in [0.1, 0.15) is 34.5 Å². The van der Waals surface area contributed by atoms with Gasteiger partial charge in [-0.3, -0.25) is 9.59 Å². The smallest absolute Gasteiger partial charge is 0.255 e. The number of hydrogen-bond acceptors (Lipinski definition) is 8. The lowest BCUT2D eigenvalue weighted by molar-refractivity contribution is -0.126. The molecule has 0 radical (unpaired) electrons. The van der Waals surface area contributed by atoms with Crippen LogP contribution in [0.3, 0.4) is 0 Å². The molecule has 1 saturated heterocycles. The third-order valence-electron chi connectivity index (χ3n) is 6.81. The van der Waals surface area contributed by atoms with E-state index in [1.54, 1.807) is 13.0 Å². The molecule has 10 nitrogen and oxygen atoms in total. The average molecular weight is 556 g/mol. The van der Waals surface area contributed by atoms with E-state index in [-0.39, 0.29) is 24.2 Å². The monoisotopic (exact) mass is 555 g/mol. The molecule has 12 heteroatoms. The lowest BCUT2D eigenvalue weighted by Gasteiger charge is -2.26. The molecule has 1 aromatic heterocycles. The highest BCUT2D eigenvalue weighted by Crippen LogP contribution is 2.32. The molecule has 0 saturated carbocycles. The number of aliphatic hydroxyl groups excluding tert-OH is 1. The van der Waals surface area contributed by atoms with Gasteiger partial charge in [-0.15, -0.1) is 0 Å². The van der Waals surface area contributed by atoms with Crippen molar-refractivity contribution in [1.82, 2.24) is 20.2 Å². The summed E-state index contributed by atoms with van der Waals surface area (Å²) in [5.74, 6) is -0.702. The maximum absolute atomic E-state index is 14.0. The number of aliphatic hydroxyl groups is 1. The summed E-state index contributed by atoms with van der Waals surface area (Å²) < 4.78 is 24.2. The van der Waals surface area contributed by atoms with Crippen LogP contribution in [-0.2, 0) is 16.1 Å². The topological polar surface area (TPSA) is 126 Å². The minimum Gasteiger partial charge on any atom is -0.497 e. The predicted octanol–water partition coefficient (Wildman–Crippen LogP) is 2.95. The fraction of sp³-hybridized carbons (Fsp3) is 0.333. The summed E-state index contributed by atoms with van der Waals surface area (Å²) in [4.78, 5) is 36.7. The number of rotatable bonds is 9. The SMILES string of the molecule is COc1cc(F)cc(C(CO)NC(=O)C(C)N2Cc3ccc(-c4nc(NC5COC5)ncc4Cl)cc3C2=O)c1. The van der Waals surface area contributed by atoms with Crippen molar-refractivity contribution in [3.05, 3.63) is 70.1 Å². The van der Waals surface area contributed by atoms with Gasteiger partial charge in [0.15, 0.2) is 0 Å². The van der Waals surface area contributed by atoms with Crippen LogP contribution in [0.4, 0.5) is 10.3 Å². The zero-order chi connectivity index (χ0) is 27.7. The summed E-state index contributed by atoms with van der Waals surface area (Å²) in [6.45, 7) is 2.51. The highest BCUT2D eigenvalue weighted by Gasteiger charge is 2.35. The van der Waals surface area contributed by atoms with E-state index in [0.29, 0.717) is 46.6 Å². The largest absolute Gasteiger partial charge is 0.497 e. The fourth-order valence-electron chi connectivity index (χ4n) is 4.50. The maximum atomic E-state index is 14.0. The van der Waals surface area contributed by atoms with Gasteiger partial charge in [0.25, 0.3) is 5.91 Å². The molecule has 3 aromatic rings. The molecule has 2 unspecified atom stereocenters. The molecule has 2 atom stereocenters. The average Bonchev–Trinajstić information content (AvgIpc) is 3.24. The van der Waals surface area contributed by atoms with E-state index in [0.717, 1.165) is 5.56 Å². The summed E-state index contributed by atoms with van der Waals surface area (Å²) >= 11 is 6.39. The van der Waals surface area contributed by atoms with Gasteiger partial charge in [-0.25, -0.2) is 14.4 Å². The summed E-state index contributed by atoms with van der Waals surface area (Å²) in [5, 5.41) is 16.1. The number of nitrogens with zero attached hydrogens (tertiary/aromatic N) is 3. The lowest BCUT2D eigenvalue weighted by atomic mass is 10.0. The molecule has 2 aliphatic heterocycles. The molecule has 5 rings (SSSR count). The van der Waals surface area contributed by atoms with Gasteiger partial charge in [-0.1, -0.05) is 23.7 Å². The Hall–Kier alpha value is -3.80. The molecular weight excluding hydrogens is 529 g/mol. The number of carbonyl (C=O) groups excluding carboxylic acids is 2. The molecule has 2 amide bonds. The van der Waals surface area contributed by atoms with Crippen LogP contribution < -0.4 is 15.4 Å². The molecule has 0 bridgehead atoms.